The Labute approximate surface area is 389 Å². The summed E-state index contributed by atoms with van der Waals surface area (Å²) in [5.41, 5.74) is 0. The minimum Gasteiger partial charge on any atom is -0.393 e. The molecular weight excluding hydrogens is 838 g/mol. The highest BCUT2D eigenvalue weighted by Gasteiger charge is 2.51. The largest absolute Gasteiger partial charge is 0.472 e. The summed E-state index contributed by atoms with van der Waals surface area (Å²) in [6.45, 7) is 3.81. The van der Waals surface area contributed by atoms with Crippen molar-refractivity contribution in [2.75, 3.05) is 6.61 Å². The van der Waals surface area contributed by atoms with Gasteiger partial charge in [0.25, 0.3) is 0 Å². The van der Waals surface area contributed by atoms with Crippen molar-refractivity contribution in [1.29, 1.82) is 0 Å². The maximum absolute atomic E-state index is 13.1. The molecule has 380 valence electrons. The minimum atomic E-state index is -5.12. The minimum absolute atomic E-state index is 0.229. The third-order valence-corrected chi connectivity index (χ3v) is 13.9. The zero-order chi connectivity index (χ0) is 47.3. The van der Waals surface area contributed by atoms with Crippen molar-refractivity contribution >= 4 is 13.7 Å². The predicted octanol–water partition coefficient (Wildman–Crippen LogP) is 9.76. The van der Waals surface area contributed by atoms with Crippen molar-refractivity contribution in [3.05, 3.63) is 12.2 Å². The Morgan fingerprint density at radius 2 is 0.875 bits per heavy atom. The van der Waals surface area contributed by atoms with Gasteiger partial charge >= 0.3 is 7.82 Å². The van der Waals surface area contributed by atoms with Crippen LogP contribution in [-0.4, -0.2) is 108 Å². The molecule has 0 aliphatic heterocycles. The topological polar surface area (TPSA) is 226 Å². The second kappa shape index (κ2) is 40.0. The molecule has 1 aliphatic carbocycles. The highest BCUT2D eigenvalue weighted by Crippen LogP contribution is 2.47. The Bertz CT molecular complexity index is 1150. The number of amides is 1. The van der Waals surface area contributed by atoms with Gasteiger partial charge in [0.2, 0.25) is 5.91 Å². The average Bonchev–Trinajstić information content (AvgIpc) is 3.27. The standard InChI is InChI=1S/C50H98NO12P/c1-3-5-7-9-11-13-15-17-19-21-22-24-26-28-30-32-34-36-38-43(53)42(40-62-64(60,61)63-50-48(58)46(56)45(55)47(57)49(50)59)51-44(54)39-41(52)37-35-33-31-29-27-25-23-20-18-16-14-12-10-8-6-4-2/h25,27,41-43,45-50,52-53,55-59H,3-24,26,28-40H2,1-2H3,(H,51,54)(H,60,61)/b27-25-. The second-order valence-electron chi connectivity index (χ2n) is 18.9. The molecule has 8 atom stereocenters. The molecule has 0 heterocycles. The van der Waals surface area contributed by atoms with Crippen LogP contribution in [0.2, 0.25) is 0 Å². The van der Waals surface area contributed by atoms with Crippen LogP contribution in [0.5, 0.6) is 0 Å². The monoisotopic (exact) mass is 936 g/mol. The summed E-state index contributed by atoms with van der Waals surface area (Å²) in [7, 11) is -5.12. The molecule has 1 fully saturated rings. The molecule has 1 saturated carbocycles. The Hall–Kier alpha value is -0.960. The number of carbonyl (C=O) groups is 1. The lowest BCUT2D eigenvalue weighted by Crippen LogP contribution is -2.64. The van der Waals surface area contributed by atoms with Crippen molar-refractivity contribution in [1.82, 2.24) is 5.32 Å². The number of hydrogen-bond donors (Lipinski definition) is 9. The van der Waals surface area contributed by atoms with E-state index in [1.807, 2.05) is 0 Å². The van der Waals surface area contributed by atoms with Crippen molar-refractivity contribution in [3.63, 3.8) is 0 Å². The van der Waals surface area contributed by atoms with E-state index in [1.54, 1.807) is 0 Å². The SMILES string of the molecule is CCCCCCCCCCC/C=C\CCCCCC(O)CC(=O)NC(COP(=O)(O)OC1C(O)C(O)C(O)C(O)C1O)C(O)CCCCCCCCCCCCCCCCCCCC. The molecule has 9 N–H and O–H groups in total. The number of allylic oxidation sites excluding steroid dienone is 2. The van der Waals surface area contributed by atoms with Gasteiger partial charge in [-0.1, -0.05) is 206 Å². The number of hydrogen-bond acceptors (Lipinski definition) is 11. The Balaban J connectivity index is 2.47. The molecule has 0 saturated heterocycles. The second-order valence-corrected chi connectivity index (χ2v) is 20.3. The number of aliphatic hydroxyl groups is 7. The van der Waals surface area contributed by atoms with Crippen molar-refractivity contribution in [3.8, 4) is 0 Å². The van der Waals surface area contributed by atoms with Gasteiger partial charge in [-0.15, -0.1) is 0 Å². The van der Waals surface area contributed by atoms with Crippen LogP contribution < -0.4 is 5.32 Å². The van der Waals surface area contributed by atoms with Crippen LogP contribution in [0.1, 0.15) is 239 Å². The molecular formula is C50H98NO12P. The lowest BCUT2D eigenvalue weighted by Gasteiger charge is -2.41. The predicted molar refractivity (Wildman–Crippen MR) is 257 cm³/mol. The molecule has 13 nitrogen and oxygen atoms in total. The van der Waals surface area contributed by atoms with Gasteiger partial charge in [0.05, 0.1) is 31.3 Å². The molecule has 0 bridgehead atoms. The highest BCUT2D eigenvalue weighted by molar-refractivity contribution is 7.47. The van der Waals surface area contributed by atoms with E-state index >= 15 is 0 Å². The van der Waals surface area contributed by atoms with E-state index in [1.165, 1.54) is 141 Å². The van der Waals surface area contributed by atoms with Gasteiger partial charge in [0.1, 0.15) is 36.6 Å². The number of aliphatic hydroxyl groups excluding tert-OH is 7. The molecule has 0 aromatic rings. The lowest BCUT2D eigenvalue weighted by molar-refractivity contribution is -0.220. The number of phosphoric ester groups is 1. The third kappa shape index (κ3) is 31.2. The maximum atomic E-state index is 13.1. The first-order valence-electron chi connectivity index (χ1n) is 26.2. The van der Waals surface area contributed by atoms with Crippen LogP contribution >= 0.6 is 7.82 Å². The first-order chi connectivity index (χ1) is 30.8. The van der Waals surface area contributed by atoms with E-state index in [0.29, 0.717) is 12.8 Å². The number of nitrogens with one attached hydrogen (secondary N) is 1. The van der Waals surface area contributed by atoms with Crippen LogP contribution in [0.25, 0.3) is 0 Å². The van der Waals surface area contributed by atoms with Crippen molar-refractivity contribution in [2.24, 2.45) is 0 Å². The molecule has 14 heteroatoms. The molecule has 1 rings (SSSR count). The smallest absolute Gasteiger partial charge is 0.393 e. The zero-order valence-electron chi connectivity index (χ0n) is 40.5. The Kier molecular flexibility index (Phi) is 38.1. The highest BCUT2D eigenvalue weighted by atomic mass is 31.2. The van der Waals surface area contributed by atoms with E-state index in [9.17, 15) is 50.0 Å². The average molecular weight is 936 g/mol. The third-order valence-electron chi connectivity index (χ3n) is 12.9. The van der Waals surface area contributed by atoms with Crippen LogP contribution in [0.15, 0.2) is 12.2 Å². The first kappa shape index (κ1) is 61.1. The van der Waals surface area contributed by atoms with Crippen LogP contribution in [0.4, 0.5) is 0 Å². The Morgan fingerprint density at radius 1 is 0.531 bits per heavy atom. The number of phosphoric acid groups is 1. The summed E-state index contributed by atoms with van der Waals surface area (Å²) < 4.78 is 23.0. The summed E-state index contributed by atoms with van der Waals surface area (Å²) in [5.74, 6) is -0.565. The number of unbranched alkanes of at least 4 members (excludes halogenated alkanes) is 29. The van der Waals surface area contributed by atoms with Gasteiger partial charge in [-0.05, 0) is 38.5 Å². The fourth-order valence-electron chi connectivity index (χ4n) is 8.59. The van der Waals surface area contributed by atoms with Gasteiger partial charge in [-0.3, -0.25) is 13.8 Å². The van der Waals surface area contributed by atoms with Gasteiger partial charge in [-0.2, -0.15) is 0 Å². The summed E-state index contributed by atoms with van der Waals surface area (Å²) >= 11 is 0. The number of rotatable bonds is 44. The molecule has 1 amide bonds. The van der Waals surface area contributed by atoms with Crippen molar-refractivity contribution in [2.45, 2.75) is 293 Å². The summed E-state index contributed by atoms with van der Waals surface area (Å²) in [6.07, 6.45) is 29.6. The van der Waals surface area contributed by atoms with E-state index in [-0.39, 0.29) is 12.8 Å². The van der Waals surface area contributed by atoms with Gasteiger partial charge < -0.3 is 46.0 Å². The lowest BCUT2D eigenvalue weighted by atomic mass is 9.85. The van der Waals surface area contributed by atoms with E-state index in [2.05, 4.69) is 31.3 Å². The fourth-order valence-corrected chi connectivity index (χ4v) is 9.56. The maximum Gasteiger partial charge on any atom is 0.472 e. The van der Waals surface area contributed by atoms with Crippen LogP contribution in [0, 0.1) is 0 Å². The number of carbonyl (C=O) groups excluding carboxylic acids is 1. The molecule has 0 radical (unpaired) electrons. The molecule has 0 aromatic carbocycles. The Morgan fingerprint density at radius 3 is 1.30 bits per heavy atom. The van der Waals surface area contributed by atoms with E-state index < -0.39 is 75.2 Å². The summed E-state index contributed by atoms with van der Waals surface area (Å²) in [5, 5.41) is 74.8. The molecule has 0 aromatic heterocycles. The first-order valence-corrected chi connectivity index (χ1v) is 27.7. The van der Waals surface area contributed by atoms with Gasteiger partial charge in [0, 0.05) is 0 Å². The molecule has 1 aliphatic rings. The van der Waals surface area contributed by atoms with Crippen molar-refractivity contribution < 1.29 is 59.0 Å². The normalized spacial score (nSPS) is 22.7. The molecule has 64 heavy (non-hydrogen) atoms. The summed E-state index contributed by atoms with van der Waals surface area (Å²) in [6, 6.07) is -1.16. The van der Waals surface area contributed by atoms with E-state index in [0.717, 1.165) is 57.8 Å². The molecule has 8 unspecified atom stereocenters. The summed E-state index contributed by atoms with van der Waals surface area (Å²) in [4.78, 5) is 23.5. The van der Waals surface area contributed by atoms with Crippen LogP contribution in [-0.2, 0) is 18.4 Å². The molecule has 0 spiro atoms. The quantitative estimate of drug-likeness (QED) is 0.0158. The van der Waals surface area contributed by atoms with Gasteiger partial charge in [-0.25, -0.2) is 4.57 Å². The zero-order valence-corrected chi connectivity index (χ0v) is 41.4. The fraction of sp³-hybridized carbons (Fsp3) is 0.940. The van der Waals surface area contributed by atoms with Gasteiger partial charge in [0.15, 0.2) is 0 Å². The van der Waals surface area contributed by atoms with Crippen LogP contribution in [0.3, 0.4) is 0 Å². The van der Waals surface area contributed by atoms with E-state index in [4.69, 9.17) is 9.05 Å².